The number of methoxy groups -OCH3 is 2. The summed E-state index contributed by atoms with van der Waals surface area (Å²) in [4.78, 5) is 19.7. The third kappa shape index (κ3) is 3.58. The Bertz CT molecular complexity index is 518. The molecule has 2 aromatic heterocycles. The average Bonchev–Trinajstić information content (AvgIpc) is 2.49. The zero-order valence-electron chi connectivity index (χ0n) is 11.1. The zero-order valence-corrected chi connectivity index (χ0v) is 11.1. The molecule has 0 aromatic carbocycles. The van der Waals surface area contributed by atoms with Gasteiger partial charge in [0.05, 0.1) is 38.0 Å². The van der Waals surface area contributed by atoms with Gasteiger partial charge in [0.1, 0.15) is 0 Å². The number of anilines is 2. The maximum absolute atomic E-state index is 11.8. The fourth-order valence-electron chi connectivity index (χ4n) is 1.44. The van der Waals surface area contributed by atoms with Crippen LogP contribution in [0.25, 0.3) is 0 Å². The molecule has 0 aliphatic rings. The lowest BCUT2D eigenvalue weighted by molar-refractivity contribution is 0.262. The zero-order chi connectivity index (χ0) is 14.4. The molecule has 0 radical (unpaired) electrons. The van der Waals surface area contributed by atoms with Crippen molar-refractivity contribution in [3.63, 3.8) is 0 Å². The Morgan fingerprint density at radius 1 is 0.900 bits per heavy atom. The standard InChI is InChI=1S/C13H14N4O3/c1-19-11-5-3-9(7-14-11)16-13(18)17-10-4-6-12(20-2)15-8-10/h3-8H,1-2H3,(H2,16,17,18). The molecule has 20 heavy (non-hydrogen) atoms. The number of aromatic nitrogens is 2. The summed E-state index contributed by atoms with van der Waals surface area (Å²) in [6.45, 7) is 0. The molecule has 7 nitrogen and oxygen atoms in total. The molecule has 0 aliphatic heterocycles. The third-order valence-corrected chi connectivity index (χ3v) is 2.41. The lowest BCUT2D eigenvalue weighted by atomic mass is 10.4. The van der Waals surface area contributed by atoms with E-state index in [1.165, 1.54) is 26.6 Å². The Morgan fingerprint density at radius 3 is 1.65 bits per heavy atom. The lowest BCUT2D eigenvalue weighted by Gasteiger charge is -2.08. The van der Waals surface area contributed by atoms with Crippen molar-refractivity contribution in [1.82, 2.24) is 9.97 Å². The van der Waals surface area contributed by atoms with Gasteiger partial charge in [-0.05, 0) is 12.1 Å². The van der Waals surface area contributed by atoms with Crippen LogP contribution < -0.4 is 20.1 Å². The highest BCUT2D eigenvalue weighted by atomic mass is 16.5. The lowest BCUT2D eigenvalue weighted by Crippen LogP contribution is -2.19. The molecular formula is C13H14N4O3. The van der Waals surface area contributed by atoms with Gasteiger partial charge < -0.3 is 20.1 Å². The van der Waals surface area contributed by atoms with Gasteiger partial charge in [0.15, 0.2) is 0 Å². The molecule has 2 N–H and O–H groups in total. The summed E-state index contributed by atoms with van der Waals surface area (Å²) in [5.41, 5.74) is 1.12. The van der Waals surface area contributed by atoms with Gasteiger partial charge in [-0.25, -0.2) is 14.8 Å². The Hall–Kier alpha value is -2.83. The predicted octanol–water partition coefficient (Wildman–Crippen LogP) is 2.14. The van der Waals surface area contributed by atoms with Crippen molar-refractivity contribution in [3.05, 3.63) is 36.7 Å². The van der Waals surface area contributed by atoms with Crippen LogP contribution in [0.1, 0.15) is 0 Å². The number of ether oxygens (including phenoxy) is 2. The summed E-state index contributed by atoms with van der Waals surface area (Å²) in [7, 11) is 3.05. The number of nitrogens with zero attached hydrogens (tertiary/aromatic N) is 2. The molecule has 0 unspecified atom stereocenters. The molecule has 7 heteroatoms. The van der Waals surface area contributed by atoms with E-state index in [1.807, 2.05) is 0 Å². The molecule has 2 heterocycles. The van der Waals surface area contributed by atoms with E-state index in [-0.39, 0.29) is 6.03 Å². The number of urea groups is 1. The largest absolute Gasteiger partial charge is 0.481 e. The minimum absolute atomic E-state index is 0.385. The first-order chi connectivity index (χ1) is 9.71. The molecule has 0 saturated carbocycles. The normalized spacial score (nSPS) is 9.70. The predicted molar refractivity (Wildman–Crippen MR) is 74.2 cm³/mol. The first kappa shape index (κ1) is 13.6. The molecule has 0 atom stereocenters. The third-order valence-electron chi connectivity index (χ3n) is 2.41. The average molecular weight is 274 g/mol. The number of hydrogen-bond acceptors (Lipinski definition) is 5. The second-order valence-electron chi connectivity index (χ2n) is 3.76. The van der Waals surface area contributed by atoms with E-state index in [0.29, 0.717) is 23.1 Å². The number of carbonyl (C=O) groups is 1. The van der Waals surface area contributed by atoms with E-state index in [9.17, 15) is 4.79 Å². The summed E-state index contributed by atoms with van der Waals surface area (Å²) < 4.78 is 9.86. The topological polar surface area (TPSA) is 85.4 Å². The van der Waals surface area contributed by atoms with Gasteiger partial charge in [0, 0.05) is 12.1 Å². The van der Waals surface area contributed by atoms with Gasteiger partial charge in [0.2, 0.25) is 11.8 Å². The Kier molecular flexibility index (Phi) is 4.33. The molecule has 0 spiro atoms. The minimum Gasteiger partial charge on any atom is -0.481 e. The molecule has 0 saturated heterocycles. The number of carbonyl (C=O) groups excluding carboxylic acids is 1. The van der Waals surface area contributed by atoms with E-state index in [2.05, 4.69) is 20.6 Å². The van der Waals surface area contributed by atoms with Gasteiger partial charge in [-0.15, -0.1) is 0 Å². The fraction of sp³-hybridized carbons (Fsp3) is 0.154. The van der Waals surface area contributed by atoms with Crippen molar-refractivity contribution in [3.8, 4) is 11.8 Å². The van der Waals surface area contributed by atoms with Crippen molar-refractivity contribution in [2.45, 2.75) is 0 Å². The highest BCUT2D eigenvalue weighted by molar-refractivity contribution is 5.99. The summed E-state index contributed by atoms with van der Waals surface area (Å²) >= 11 is 0. The van der Waals surface area contributed by atoms with Gasteiger partial charge in [-0.2, -0.15) is 0 Å². The highest BCUT2D eigenvalue weighted by Gasteiger charge is 2.04. The van der Waals surface area contributed by atoms with Gasteiger partial charge in [0.25, 0.3) is 0 Å². The Labute approximate surface area is 116 Å². The Balaban J connectivity index is 1.93. The van der Waals surface area contributed by atoms with Crippen molar-refractivity contribution >= 4 is 17.4 Å². The van der Waals surface area contributed by atoms with Crippen LogP contribution in [-0.2, 0) is 0 Å². The maximum Gasteiger partial charge on any atom is 0.323 e. The van der Waals surface area contributed by atoms with Crippen LogP contribution in [0.15, 0.2) is 36.7 Å². The molecule has 2 amide bonds. The van der Waals surface area contributed by atoms with Crippen LogP contribution in [0, 0.1) is 0 Å². The van der Waals surface area contributed by atoms with Crippen LogP contribution in [0.3, 0.4) is 0 Å². The summed E-state index contributed by atoms with van der Waals surface area (Å²) in [6.07, 6.45) is 3.01. The highest BCUT2D eigenvalue weighted by Crippen LogP contribution is 2.13. The second-order valence-corrected chi connectivity index (χ2v) is 3.76. The van der Waals surface area contributed by atoms with Crippen molar-refractivity contribution < 1.29 is 14.3 Å². The van der Waals surface area contributed by atoms with E-state index >= 15 is 0 Å². The first-order valence-corrected chi connectivity index (χ1v) is 5.79. The molecular weight excluding hydrogens is 260 g/mol. The van der Waals surface area contributed by atoms with Crippen LogP contribution in [0.5, 0.6) is 11.8 Å². The van der Waals surface area contributed by atoms with Crippen LogP contribution in [0.4, 0.5) is 16.2 Å². The summed E-state index contributed by atoms with van der Waals surface area (Å²) in [5.74, 6) is 0.964. The summed E-state index contributed by atoms with van der Waals surface area (Å²) in [5, 5.41) is 5.29. The fourth-order valence-corrected chi connectivity index (χ4v) is 1.44. The number of amides is 2. The van der Waals surface area contributed by atoms with Crippen molar-refractivity contribution in [2.24, 2.45) is 0 Å². The van der Waals surface area contributed by atoms with Crippen molar-refractivity contribution in [2.75, 3.05) is 24.9 Å². The van der Waals surface area contributed by atoms with Crippen LogP contribution in [-0.4, -0.2) is 30.2 Å². The van der Waals surface area contributed by atoms with Gasteiger partial charge >= 0.3 is 6.03 Å². The quantitative estimate of drug-likeness (QED) is 0.892. The van der Waals surface area contributed by atoms with Crippen LogP contribution >= 0.6 is 0 Å². The summed E-state index contributed by atoms with van der Waals surface area (Å²) in [6, 6.07) is 6.31. The Morgan fingerprint density at radius 2 is 1.35 bits per heavy atom. The van der Waals surface area contributed by atoms with Crippen molar-refractivity contribution in [1.29, 1.82) is 0 Å². The number of rotatable bonds is 4. The van der Waals surface area contributed by atoms with Crippen LogP contribution in [0.2, 0.25) is 0 Å². The van der Waals surface area contributed by atoms with E-state index in [1.54, 1.807) is 24.3 Å². The van der Waals surface area contributed by atoms with E-state index in [0.717, 1.165) is 0 Å². The van der Waals surface area contributed by atoms with Gasteiger partial charge in [-0.3, -0.25) is 0 Å². The molecule has 0 bridgehead atoms. The van der Waals surface area contributed by atoms with Gasteiger partial charge in [-0.1, -0.05) is 0 Å². The van der Waals surface area contributed by atoms with E-state index in [4.69, 9.17) is 9.47 Å². The molecule has 2 aromatic rings. The monoisotopic (exact) mass is 274 g/mol. The van der Waals surface area contributed by atoms with E-state index < -0.39 is 0 Å². The second kappa shape index (κ2) is 6.37. The number of hydrogen-bond donors (Lipinski definition) is 2. The molecule has 0 fully saturated rings. The first-order valence-electron chi connectivity index (χ1n) is 5.79. The number of nitrogens with one attached hydrogen (secondary N) is 2. The SMILES string of the molecule is COc1ccc(NC(=O)Nc2ccc(OC)nc2)cn1. The molecule has 104 valence electrons. The maximum atomic E-state index is 11.8. The molecule has 0 aliphatic carbocycles. The minimum atomic E-state index is -0.385. The molecule has 2 rings (SSSR count). The number of pyridine rings is 2. The smallest absolute Gasteiger partial charge is 0.323 e.